The Morgan fingerprint density at radius 2 is 1.44 bits per heavy atom. The van der Waals surface area contributed by atoms with Crippen LogP contribution in [0.15, 0.2) is 109 Å². The van der Waals surface area contributed by atoms with Crippen LogP contribution in [0.4, 0.5) is 0 Å². The first-order valence-electron chi connectivity index (χ1n) is 12.3. The molecule has 6 heteroatoms. The zero-order valence-electron chi connectivity index (χ0n) is 20.9. The normalized spacial score (nSPS) is 19.8. The minimum atomic E-state index is -0.918. The van der Waals surface area contributed by atoms with Gasteiger partial charge in [-0.05, 0) is 48.9 Å². The van der Waals surface area contributed by atoms with Gasteiger partial charge in [-0.1, -0.05) is 102 Å². The van der Waals surface area contributed by atoms with Crippen LogP contribution in [0.25, 0.3) is 10.4 Å². The Morgan fingerprint density at radius 3 is 1.89 bits per heavy atom. The molecule has 0 saturated carbocycles. The molecule has 6 nitrogen and oxygen atoms in total. The van der Waals surface area contributed by atoms with Crippen molar-refractivity contribution in [2.45, 2.75) is 56.3 Å². The predicted octanol–water partition coefficient (Wildman–Crippen LogP) is 7.16. The van der Waals surface area contributed by atoms with Gasteiger partial charge in [0, 0.05) is 4.91 Å². The van der Waals surface area contributed by atoms with Crippen molar-refractivity contribution in [2.75, 3.05) is 6.61 Å². The minimum Gasteiger partial charge on any atom is -0.360 e. The molecule has 0 radical (unpaired) electrons. The molecule has 4 rings (SSSR count). The molecule has 0 N–H and O–H groups in total. The van der Waals surface area contributed by atoms with E-state index in [1.54, 1.807) is 0 Å². The molecule has 0 amide bonds. The van der Waals surface area contributed by atoms with Crippen molar-refractivity contribution in [3.8, 4) is 0 Å². The van der Waals surface area contributed by atoms with E-state index < -0.39 is 23.5 Å². The molecule has 1 aliphatic rings. The molecule has 36 heavy (non-hydrogen) atoms. The maximum absolute atomic E-state index is 9.46. The van der Waals surface area contributed by atoms with Gasteiger partial charge in [0.2, 0.25) is 0 Å². The Kier molecular flexibility index (Phi) is 8.24. The lowest BCUT2D eigenvalue weighted by molar-refractivity contribution is -0.150. The molecular weight excluding hydrogens is 450 g/mol. The molecule has 186 valence electrons. The summed E-state index contributed by atoms with van der Waals surface area (Å²) in [5, 5.41) is 4.14. The quantitative estimate of drug-likeness (QED) is 0.0954. The zero-order valence-corrected chi connectivity index (χ0v) is 20.9. The van der Waals surface area contributed by atoms with Crippen molar-refractivity contribution in [2.24, 2.45) is 5.11 Å². The first-order valence-corrected chi connectivity index (χ1v) is 12.3. The second-order valence-corrected chi connectivity index (χ2v) is 9.37. The third-order valence-electron chi connectivity index (χ3n) is 6.47. The number of hydrogen-bond acceptors (Lipinski definition) is 4. The number of benzene rings is 3. The highest BCUT2D eigenvalue weighted by molar-refractivity contribution is 5.47. The first kappa shape index (κ1) is 25.7. The van der Waals surface area contributed by atoms with Crippen molar-refractivity contribution in [3.63, 3.8) is 0 Å². The maximum Gasteiger partial charge on any atom is 0.163 e. The number of nitrogens with zero attached hydrogens (tertiary/aromatic N) is 3. The molecule has 3 aromatic carbocycles. The fourth-order valence-corrected chi connectivity index (χ4v) is 4.93. The van der Waals surface area contributed by atoms with Crippen molar-refractivity contribution >= 4 is 0 Å². The molecule has 0 unspecified atom stereocenters. The van der Waals surface area contributed by atoms with Gasteiger partial charge in [-0.15, -0.1) is 6.58 Å². The SMILES string of the molecule is C=CCC[C@H]1OC(C)(C)O[C@H]1[C@H](COC(c1ccccc1)(c1ccccc1)c1ccccc1)N=[N+]=[N-]. The van der Waals surface area contributed by atoms with Gasteiger partial charge in [-0.2, -0.15) is 0 Å². The van der Waals surface area contributed by atoms with Gasteiger partial charge in [0.05, 0.1) is 24.9 Å². The average molecular weight is 484 g/mol. The second kappa shape index (κ2) is 11.5. The summed E-state index contributed by atoms with van der Waals surface area (Å²) in [5.41, 5.74) is 11.5. The number of hydrogen-bond donors (Lipinski definition) is 0. The number of allylic oxidation sites excluding steroid dienone is 1. The largest absolute Gasteiger partial charge is 0.360 e. The molecule has 1 saturated heterocycles. The summed E-state index contributed by atoms with van der Waals surface area (Å²) in [6.45, 7) is 7.73. The van der Waals surface area contributed by atoms with Crippen LogP contribution in [-0.2, 0) is 19.8 Å². The van der Waals surface area contributed by atoms with E-state index >= 15 is 0 Å². The van der Waals surface area contributed by atoms with Gasteiger partial charge in [-0.25, -0.2) is 0 Å². The van der Waals surface area contributed by atoms with Crippen LogP contribution in [0.1, 0.15) is 43.4 Å². The Labute approximate surface area is 213 Å². The molecule has 1 aliphatic heterocycles. The smallest absolute Gasteiger partial charge is 0.163 e. The molecule has 0 aromatic heterocycles. The van der Waals surface area contributed by atoms with Crippen LogP contribution in [0.5, 0.6) is 0 Å². The topological polar surface area (TPSA) is 76.5 Å². The summed E-state index contributed by atoms with van der Waals surface area (Å²) in [4.78, 5) is 3.15. The standard InChI is InChI=1S/C30H33N3O3/c1-4-5-21-27-28(36-29(2,3)35-27)26(32-33-31)22-34-30(23-15-9-6-10-16-23,24-17-11-7-12-18-24)25-19-13-8-14-20-25/h4,6-20,26-28H,1,5,21-22H2,2-3H3/t26-,27+,28-/m0/s1. The van der Waals surface area contributed by atoms with Gasteiger partial charge >= 0.3 is 0 Å². The van der Waals surface area contributed by atoms with E-state index in [0.717, 1.165) is 29.5 Å². The Balaban J connectivity index is 1.76. The van der Waals surface area contributed by atoms with E-state index in [9.17, 15) is 5.53 Å². The third kappa shape index (κ3) is 5.53. The predicted molar refractivity (Wildman–Crippen MR) is 141 cm³/mol. The Bertz CT molecular complexity index is 1070. The molecule has 0 aliphatic carbocycles. The Hall–Kier alpha value is -3.41. The monoisotopic (exact) mass is 483 g/mol. The number of rotatable bonds is 11. The summed E-state index contributed by atoms with van der Waals surface area (Å²) < 4.78 is 19.3. The highest BCUT2D eigenvalue weighted by Gasteiger charge is 2.46. The molecule has 3 atom stereocenters. The molecule has 1 fully saturated rings. The van der Waals surface area contributed by atoms with Gasteiger partial charge in [0.15, 0.2) is 5.79 Å². The Morgan fingerprint density at radius 1 is 0.944 bits per heavy atom. The van der Waals surface area contributed by atoms with Gasteiger partial charge in [0.1, 0.15) is 5.60 Å². The molecular formula is C30H33N3O3. The molecule has 3 aromatic rings. The molecule has 0 bridgehead atoms. The molecule has 0 spiro atoms. The molecule has 1 heterocycles. The number of ether oxygens (including phenoxy) is 3. The van der Waals surface area contributed by atoms with E-state index in [-0.39, 0.29) is 12.7 Å². The lowest BCUT2D eigenvalue weighted by atomic mass is 9.80. The summed E-state index contributed by atoms with van der Waals surface area (Å²) in [6.07, 6.45) is 2.66. The minimum absolute atomic E-state index is 0.136. The van der Waals surface area contributed by atoms with Crippen molar-refractivity contribution in [3.05, 3.63) is 131 Å². The van der Waals surface area contributed by atoms with E-state index in [4.69, 9.17) is 14.2 Å². The number of azide groups is 1. The highest BCUT2D eigenvalue weighted by atomic mass is 16.8. The van der Waals surface area contributed by atoms with Crippen LogP contribution in [0.2, 0.25) is 0 Å². The van der Waals surface area contributed by atoms with E-state index in [1.807, 2.05) is 74.5 Å². The highest BCUT2D eigenvalue weighted by Crippen LogP contribution is 2.41. The van der Waals surface area contributed by atoms with Crippen LogP contribution >= 0.6 is 0 Å². The first-order chi connectivity index (χ1) is 17.5. The second-order valence-electron chi connectivity index (χ2n) is 9.37. The fraction of sp³-hybridized carbons (Fsp3) is 0.333. The fourth-order valence-electron chi connectivity index (χ4n) is 4.93. The maximum atomic E-state index is 9.46. The van der Waals surface area contributed by atoms with Crippen LogP contribution < -0.4 is 0 Å². The van der Waals surface area contributed by atoms with Gasteiger partial charge in [-0.3, -0.25) is 0 Å². The summed E-state index contributed by atoms with van der Waals surface area (Å²) in [6, 6.07) is 29.8. The average Bonchev–Trinajstić information content (AvgIpc) is 3.23. The van der Waals surface area contributed by atoms with Crippen molar-refractivity contribution in [1.29, 1.82) is 0 Å². The van der Waals surface area contributed by atoms with Crippen LogP contribution in [-0.4, -0.2) is 30.6 Å². The zero-order chi connectivity index (χ0) is 25.4. The summed E-state index contributed by atoms with van der Waals surface area (Å²) in [7, 11) is 0. The summed E-state index contributed by atoms with van der Waals surface area (Å²) >= 11 is 0. The summed E-state index contributed by atoms with van der Waals surface area (Å²) in [5.74, 6) is -0.783. The van der Waals surface area contributed by atoms with Gasteiger partial charge < -0.3 is 14.2 Å². The van der Waals surface area contributed by atoms with E-state index in [1.165, 1.54) is 0 Å². The lowest BCUT2D eigenvalue weighted by Crippen LogP contribution is -2.41. The van der Waals surface area contributed by atoms with Crippen molar-refractivity contribution < 1.29 is 14.2 Å². The third-order valence-corrected chi connectivity index (χ3v) is 6.47. The van der Waals surface area contributed by atoms with E-state index in [0.29, 0.717) is 0 Å². The van der Waals surface area contributed by atoms with Crippen molar-refractivity contribution in [1.82, 2.24) is 0 Å². The lowest BCUT2D eigenvalue weighted by Gasteiger charge is -2.37. The van der Waals surface area contributed by atoms with E-state index in [2.05, 4.69) is 53.0 Å². The van der Waals surface area contributed by atoms with Crippen LogP contribution in [0.3, 0.4) is 0 Å². The van der Waals surface area contributed by atoms with Crippen LogP contribution in [0, 0.1) is 0 Å². The van der Waals surface area contributed by atoms with Gasteiger partial charge in [0.25, 0.3) is 0 Å².